The van der Waals surface area contributed by atoms with Crippen molar-refractivity contribution < 1.29 is 9.53 Å². The Labute approximate surface area is 129 Å². The van der Waals surface area contributed by atoms with Crippen molar-refractivity contribution in [3.8, 4) is 0 Å². The molecule has 2 aromatic rings. The van der Waals surface area contributed by atoms with Crippen molar-refractivity contribution in [3.05, 3.63) is 30.0 Å². The van der Waals surface area contributed by atoms with Crippen molar-refractivity contribution in [1.82, 2.24) is 20.4 Å². The topological polar surface area (TPSA) is 70.2 Å². The van der Waals surface area contributed by atoms with Crippen LogP contribution in [-0.4, -0.2) is 46.4 Å². The third kappa shape index (κ3) is 3.06. The maximum atomic E-state index is 12.3. The third-order valence-electron chi connectivity index (χ3n) is 3.71. The summed E-state index contributed by atoms with van der Waals surface area (Å²) in [6, 6.07) is 6.18. The van der Waals surface area contributed by atoms with Gasteiger partial charge in [0.1, 0.15) is 5.60 Å². The number of piperazine rings is 1. The summed E-state index contributed by atoms with van der Waals surface area (Å²) in [6.07, 6.45) is 1.56. The first-order valence-corrected chi connectivity index (χ1v) is 7.57. The zero-order chi connectivity index (χ0) is 15.7. The molecular weight excluding hydrogens is 280 g/mol. The summed E-state index contributed by atoms with van der Waals surface area (Å²) in [4.78, 5) is 14.0. The van der Waals surface area contributed by atoms with Gasteiger partial charge < -0.3 is 15.0 Å². The number of hydrogen-bond donors (Lipinski definition) is 2. The first kappa shape index (κ1) is 14.8. The molecule has 0 radical (unpaired) electrons. The van der Waals surface area contributed by atoms with Crippen molar-refractivity contribution in [2.24, 2.45) is 0 Å². The number of benzene rings is 1. The van der Waals surface area contributed by atoms with Crippen LogP contribution in [0.1, 0.15) is 32.4 Å². The molecule has 1 aliphatic heterocycles. The predicted octanol–water partition coefficient (Wildman–Crippen LogP) is 2.44. The highest BCUT2D eigenvalue weighted by Crippen LogP contribution is 2.25. The molecule has 2 heterocycles. The molecule has 2 N–H and O–H groups in total. The number of hydrogen-bond acceptors (Lipinski definition) is 4. The minimum Gasteiger partial charge on any atom is -0.444 e. The minimum absolute atomic E-state index is 0.0745. The summed E-state index contributed by atoms with van der Waals surface area (Å²) >= 11 is 0. The van der Waals surface area contributed by atoms with Gasteiger partial charge in [-0.3, -0.25) is 5.10 Å². The van der Waals surface area contributed by atoms with E-state index in [1.807, 2.05) is 39.1 Å². The fourth-order valence-corrected chi connectivity index (χ4v) is 2.73. The van der Waals surface area contributed by atoms with Gasteiger partial charge in [0.25, 0.3) is 0 Å². The third-order valence-corrected chi connectivity index (χ3v) is 3.71. The van der Waals surface area contributed by atoms with Gasteiger partial charge in [-0.1, -0.05) is 18.2 Å². The van der Waals surface area contributed by atoms with E-state index in [2.05, 4.69) is 21.6 Å². The number of amides is 1. The molecule has 0 saturated carbocycles. The van der Waals surface area contributed by atoms with Crippen LogP contribution in [0.25, 0.3) is 10.9 Å². The Hall–Kier alpha value is -2.08. The molecule has 1 aromatic heterocycles. The number of para-hydroxylation sites is 1. The average molecular weight is 302 g/mol. The SMILES string of the molecule is CC(C)(C)OC(=O)N1CCNC(c2cccc3cn[nH]c23)C1. The number of carbonyl (C=O) groups is 1. The molecule has 1 fully saturated rings. The fourth-order valence-electron chi connectivity index (χ4n) is 2.73. The van der Waals surface area contributed by atoms with Crippen molar-refractivity contribution in [1.29, 1.82) is 0 Å². The number of carbonyl (C=O) groups excluding carboxylic acids is 1. The molecule has 1 amide bonds. The number of rotatable bonds is 1. The molecule has 22 heavy (non-hydrogen) atoms. The lowest BCUT2D eigenvalue weighted by Crippen LogP contribution is -2.49. The molecule has 0 spiro atoms. The highest BCUT2D eigenvalue weighted by atomic mass is 16.6. The van der Waals surface area contributed by atoms with Crippen LogP contribution in [0.3, 0.4) is 0 Å². The number of ether oxygens (including phenoxy) is 1. The van der Waals surface area contributed by atoms with Crippen LogP contribution in [0.15, 0.2) is 24.4 Å². The number of aromatic amines is 1. The lowest BCUT2D eigenvalue weighted by molar-refractivity contribution is 0.0195. The maximum absolute atomic E-state index is 12.3. The molecule has 6 heteroatoms. The van der Waals surface area contributed by atoms with Gasteiger partial charge in [0, 0.05) is 25.0 Å². The molecule has 1 atom stereocenters. The first-order valence-electron chi connectivity index (χ1n) is 7.57. The zero-order valence-corrected chi connectivity index (χ0v) is 13.2. The highest BCUT2D eigenvalue weighted by molar-refractivity contribution is 5.81. The lowest BCUT2D eigenvalue weighted by Gasteiger charge is -2.35. The molecule has 6 nitrogen and oxygen atoms in total. The molecule has 1 unspecified atom stereocenters. The monoisotopic (exact) mass is 302 g/mol. The lowest BCUT2D eigenvalue weighted by atomic mass is 10.0. The largest absolute Gasteiger partial charge is 0.444 e. The van der Waals surface area contributed by atoms with Gasteiger partial charge in [-0.25, -0.2) is 4.79 Å². The Morgan fingerprint density at radius 1 is 1.41 bits per heavy atom. The van der Waals surface area contributed by atoms with Gasteiger partial charge in [0.05, 0.1) is 17.8 Å². The number of nitrogens with one attached hydrogen (secondary N) is 2. The Balaban J connectivity index is 1.78. The molecule has 3 rings (SSSR count). The fraction of sp³-hybridized carbons (Fsp3) is 0.500. The molecule has 1 saturated heterocycles. The molecule has 1 aromatic carbocycles. The van der Waals surface area contributed by atoms with Gasteiger partial charge in [0.2, 0.25) is 0 Å². The van der Waals surface area contributed by atoms with Crippen molar-refractivity contribution in [2.75, 3.05) is 19.6 Å². The van der Waals surface area contributed by atoms with Gasteiger partial charge in [-0.2, -0.15) is 5.10 Å². The summed E-state index contributed by atoms with van der Waals surface area (Å²) in [5.41, 5.74) is 1.68. The Kier molecular flexibility index (Phi) is 3.78. The van der Waals surface area contributed by atoms with E-state index in [9.17, 15) is 4.79 Å². The Morgan fingerprint density at radius 3 is 3.00 bits per heavy atom. The predicted molar refractivity (Wildman–Crippen MR) is 84.6 cm³/mol. The van der Waals surface area contributed by atoms with Crippen LogP contribution < -0.4 is 5.32 Å². The normalized spacial score (nSPS) is 19.4. The second-order valence-electron chi connectivity index (χ2n) is 6.61. The number of aromatic nitrogens is 2. The summed E-state index contributed by atoms with van der Waals surface area (Å²) < 4.78 is 5.47. The van der Waals surface area contributed by atoms with E-state index < -0.39 is 5.60 Å². The van der Waals surface area contributed by atoms with Crippen LogP contribution >= 0.6 is 0 Å². The smallest absolute Gasteiger partial charge is 0.410 e. The molecule has 0 aliphatic carbocycles. The molecule has 118 valence electrons. The van der Waals surface area contributed by atoms with Crippen molar-refractivity contribution in [2.45, 2.75) is 32.4 Å². The summed E-state index contributed by atoms with van der Waals surface area (Å²) in [7, 11) is 0. The Bertz CT molecular complexity index is 674. The van der Waals surface area contributed by atoms with Crippen LogP contribution in [0, 0.1) is 0 Å². The second-order valence-corrected chi connectivity index (χ2v) is 6.61. The highest BCUT2D eigenvalue weighted by Gasteiger charge is 2.28. The van der Waals surface area contributed by atoms with Gasteiger partial charge in [0.15, 0.2) is 0 Å². The van der Waals surface area contributed by atoms with Crippen LogP contribution in [0.2, 0.25) is 0 Å². The van der Waals surface area contributed by atoms with Gasteiger partial charge >= 0.3 is 6.09 Å². The molecular formula is C16H22N4O2. The summed E-state index contributed by atoms with van der Waals surface area (Å²) in [5, 5.41) is 11.7. The van der Waals surface area contributed by atoms with Crippen LogP contribution in [0.4, 0.5) is 4.79 Å². The van der Waals surface area contributed by atoms with E-state index in [1.165, 1.54) is 0 Å². The van der Waals surface area contributed by atoms with E-state index in [1.54, 1.807) is 4.90 Å². The quantitative estimate of drug-likeness (QED) is 0.849. The maximum Gasteiger partial charge on any atom is 0.410 e. The Morgan fingerprint density at radius 2 is 2.23 bits per heavy atom. The molecule has 0 bridgehead atoms. The zero-order valence-electron chi connectivity index (χ0n) is 13.2. The van der Waals surface area contributed by atoms with E-state index in [0.29, 0.717) is 13.1 Å². The van der Waals surface area contributed by atoms with Crippen molar-refractivity contribution >= 4 is 17.0 Å². The minimum atomic E-state index is -0.471. The van der Waals surface area contributed by atoms with Crippen molar-refractivity contribution in [3.63, 3.8) is 0 Å². The first-order chi connectivity index (χ1) is 10.4. The van der Waals surface area contributed by atoms with Crippen LogP contribution in [-0.2, 0) is 4.74 Å². The number of nitrogens with zero attached hydrogens (tertiary/aromatic N) is 2. The van der Waals surface area contributed by atoms with Gasteiger partial charge in [-0.15, -0.1) is 0 Å². The van der Waals surface area contributed by atoms with E-state index in [-0.39, 0.29) is 12.1 Å². The van der Waals surface area contributed by atoms with E-state index >= 15 is 0 Å². The molecule has 1 aliphatic rings. The summed E-state index contributed by atoms with van der Waals surface area (Å²) in [5.74, 6) is 0. The average Bonchev–Trinajstić information content (AvgIpc) is 2.94. The second kappa shape index (κ2) is 5.61. The summed E-state index contributed by atoms with van der Waals surface area (Å²) in [6.45, 7) is 7.65. The van der Waals surface area contributed by atoms with E-state index in [4.69, 9.17) is 4.74 Å². The van der Waals surface area contributed by atoms with E-state index in [0.717, 1.165) is 23.0 Å². The number of fused-ring (bicyclic) bond motifs is 1. The number of H-pyrrole nitrogens is 1. The van der Waals surface area contributed by atoms with Gasteiger partial charge in [-0.05, 0) is 26.3 Å². The van der Waals surface area contributed by atoms with Crippen LogP contribution in [0.5, 0.6) is 0 Å². The standard InChI is InChI=1S/C16H22N4O2/c1-16(2,3)22-15(21)20-8-7-17-13(10-20)12-6-4-5-11-9-18-19-14(11)12/h4-6,9,13,17H,7-8,10H2,1-3H3,(H,18,19).